The van der Waals surface area contributed by atoms with Crippen LogP contribution >= 0.6 is 11.8 Å². The van der Waals surface area contributed by atoms with E-state index in [2.05, 4.69) is 20.2 Å². The number of thioether (sulfide) groups is 1. The molecule has 0 spiro atoms. The molecule has 1 aliphatic rings. The Morgan fingerprint density at radius 2 is 1.94 bits per heavy atom. The topological polar surface area (TPSA) is 93.4 Å². The molecule has 1 saturated heterocycles. The highest BCUT2D eigenvalue weighted by atomic mass is 32.2. The molecule has 4 rings (SSSR count). The molecule has 1 aliphatic heterocycles. The van der Waals surface area contributed by atoms with Gasteiger partial charge in [0.2, 0.25) is 0 Å². The van der Waals surface area contributed by atoms with Gasteiger partial charge in [-0.25, -0.2) is 14.4 Å². The first-order valence-electron chi connectivity index (χ1n) is 9.82. The second-order valence-corrected chi connectivity index (χ2v) is 7.91. The summed E-state index contributed by atoms with van der Waals surface area (Å²) in [4.78, 5) is 23.6. The third-order valence-electron chi connectivity index (χ3n) is 4.80. The van der Waals surface area contributed by atoms with E-state index in [1.165, 1.54) is 30.0 Å². The minimum Gasteiger partial charge on any atom is -0.397 e. The van der Waals surface area contributed by atoms with E-state index in [0.29, 0.717) is 35.4 Å². The van der Waals surface area contributed by atoms with Crippen molar-refractivity contribution >= 4 is 34.9 Å². The number of halogens is 1. The summed E-state index contributed by atoms with van der Waals surface area (Å²) in [6, 6.07) is 13.1. The van der Waals surface area contributed by atoms with Gasteiger partial charge in [0.15, 0.2) is 5.16 Å². The molecule has 2 heterocycles. The van der Waals surface area contributed by atoms with Crippen LogP contribution in [0.25, 0.3) is 0 Å². The summed E-state index contributed by atoms with van der Waals surface area (Å²) < 4.78 is 18.5. The van der Waals surface area contributed by atoms with Gasteiger partial charge in [0.25, 0.3) is 5.91 Å². The van der Waals surface area contributed by atoms with Gasteiger partial charge in [0, 0.05) is 30.6 Å². The van der Waals surface area contributed by atoms with Crippen LogP contribution in [0.1, 0.15) is 15.9 Å². The number of nitrogens with zero attached hydrogens (tertiary/aromatic N) is 3. The first kappa shape index (κ1) is 21.1. The number of hydrogen-bond acceptors (Lipinski definition) is 7. The van der Waals surface area contributed by atoms with E-state index >= 15 is 0 Å². The zero-order valence-corrected chi connectivity index (χ0v) is 17.6. The summed E-state index contributed by atoms with van der Waals surface area (Å²) in [6.07, 6.45) is 1.77. The fourth-order valence-corrected chi connectivity index (χ4v) is 3.89. The Bertz CT molecular complexity index is 1060. The first-order chi connectivity index (χ1) is 15.1. The van der Waals surface area contributed by atoms with Gasteiger partial charge in [-0.2, -0.15) is 0 Å². The van der Waals surface area contributed by atoms with Crippen LogP contribution in [0.15, 0.2) is 59.9 Å². The number of nitrogens with one attached hydrogen (secondary N) is 1. The summed E-state index contributed by atoms with van der Waals surface area (Å²) >= 11 is 1.54. The van der Waals surface area contributed by atoms with E-state index in [4.69, 9.17) is 10.5 Å². The lowest BCUT2D eigenvalue weighted by atomic mass is 10.1. The zero-order valence-electron chi connectivity index (χ0n) is 16.8. The predicted octanol–water partition coefficient (Wildman–Crippen LogP) is 3.58. The third-order valence-corrected chi connectivity index (χ3v) is 5.73. The van der Waals surface area contributed by atoms with Crippen LogP contribution in [0.3, 0.4) is 0 Å². The molecule has 1 aromatic heterocycles. The van der Waals surface area contributed by atoms with E-state index in [1.807, 2.05) is 18.2 Å². The van der Waals surface area contributed by atoms with Gasteiger partial charge in [0.1, 0.15) is 11.6 Å². The summed E-state index contributed by atoms with van der Waals surface area (Å²) in [5, 5.41) is 3.41. The number of carbonyl (C=O) groups is 1. The lowest BCUT2D eigenvalue weighted by Crippen LogP contribution is -2.36. The minimum atomic E-state index is -0.447. The van der Waals surface area contributed by atoms with Gasteiger partial charge < -0.3 is 20.7 Å². The van der Waals surface area contributed by atoms with E-state index in [0.717, 1.165) is 24.5 Å². The molecule has 9 heteroatoms. The van der Waals surface area contributed by atoms with Crippen LogP contribution in [0.4, 0.5) is 21.6 Å². The molecule has 0 radical (unpaired) electrons. The summed E-state index contributed by atoms with van der Waals surface area (Å²) in [5.41, 5.74) is 7.84. The molecule has 1 fully saturated rings. The Hall–Kier alpha value is -3.17. The van der Waals surface area contributed by atoms with Crippen LogP contribution < -0.4 is 16.0 Å². The molecule has 31 heavy (non-hydrogen) atoms. The number of carbonyl (C=O) groups excluding carboxylic acids is 1. The number of nitrogens with two attached hydrogens (primary N) is 1. The number of hydrogen-bond donors (Lipinski definition) is 2. The maximum Gasteiger partial charge on any atom is 0.255 e. The van der Waals surface area contributed by atoms with E-state index in [-0.39, 0.29) is 11.6 Å². The predicted molar refractivity (Wildman–Crippen MR) is 120 cm³/mol. The number of morpholine rings is 1. The Labute approximate surface area is 183 Å². The lowest BCUT2D eigenvalue weighted by Gasteiger charge is -2.27. The average molecular weight is 440 g/mol. The smallest absolute Gasteiger partial charge is 0.255 e. The molecule has 0 bridgehead atoms. The minimum absolute atomic E-state index is 0.181. The fourth-order valence-electron chi connectivity index (χ4n) is 3.11. The number of ether oxygens (including phenoxy) is 1. The third kappa shape index (κ3) is 5.50. The highest BCUT2D eigenvalue weighted by molar-refractivity contribution is 7.98. The lowest BCUT2D eigenvalue weighted by molar-refractivity contribution is 0.102. The Balaban J connectivity index is 1.35. The zero-order chi connectivity index (χ0) is 21.6. The van der Waals surface area contributed by atoms with Crippen molar-refractivity contribution in [2.45, 2.75) is 10.9 Å². The molecular formula is C22H22FN5O2S. The van der Waals surface area contributed by atoms with Crippen molar-refractivity contribution in [2.75, 3.05) is 42.3 Å². The molecule has 160 valence electrons. The maximum absolute atomic E-state index is 13.2. The van der Waals surface area contributed by atoms with Crippen molar-refractivity contribution in [3.63, 3.8) is 0 Å². The fraction of sp³-hybridized carbons (Fsp3) is 0.227. The molecule has 0 atom stereocenters. The normalized spacial score (nSPS) is 13.8. The number of aromatic nitrogens is 2. The van der Waals surface area contributed by atoms with Crippen LogP contribution in [0, 0.1) is 5.82 Å². The SMILES string of the molecule is Nc1cc(F)ccc1NC(=O)c1ccc(CSc2nccc(N3CCOCC3)n2)cc1. The summed E-state index contributed by atoms with van der Waals surface area (Å²) in [7, 11) is 0. The van der Waals surface area contributed by atoms with Crippen LogP contribution in [-0.2, 0) is 10.5 Å². The number of anilines is 3. The largest absolute Gasteiger partial charge is 0.397 e. The van der Waals surface area contributed by atoms with Gasteiger partial charge in [-0.05, 0) is 42.0 Å². The van der Waals surface area contributed by atoms with E-state index in [9.17, 15) is 9.18 Å². The van der Waals surface area contributed by atoms with Gasteiger partial charge >= 0.3 is 0 Å². The van der Waals surface area contributed by atoms with Gasteiger partial charge in [-0.3, -0.25) is 4.79 Å². The van der Waals surface area contributed by atoms with Crippen molar-refractivity contribution in [2.24, 2.45) is 0 Å². The molecule has 3 aromatic rings. The van der Waals surface area contributed by atoms with Gasteiger partial charge in [-0.1, -0.05) is 23.9 Å². The number of benzene rings is 2. The average Bonchev–Trinajstić information content (AvgIpc) is 2.80. The molecule has 3 N–H and O–H groups in total. The quantitative estimate of drug-likeness (QED) is 0.344. The van der Waals surface area contributed by atoms with Gasteiger partial charge in [-0.15, -0.1) is 0 Å². The van der Waals surface area contributed by atoms with Crippen LogP contribution in [0.2, 0.25) is 0 Å². The van der Waals surface area contributed by atoms with Crippen molar-refractivity contribution in [1.82, 2.24) is 9.97 Å². The van der Waals surface area contributed by atoms with Crippen molar-refractivity contribution in [1.29, 1.82) is 0 Å². The first-order valence-corrected chi connectivity index (χ1v) is 10.8. The summed E-state index contributed by atoms with van der Waals surface area (Å²) in [6.45, 7) is 3.07. The molecule has 7 nitrogen and oxygen atoms in total. The Kier molecular flexibility index (Phi) is 6.63. The Morgan fingerprint density at radius 1 is 1.16 bits per heavy atom. The molecule has 0 unspecified atom stereocenters. The maximum atomic E-state index is 13.2. The molecule has 0 aliphatic carbocycles. The monoisotopic (exact) mass is 439 g/mol. The van der Waals surface area contributed by atoms with Crippen LogP contribution in [0.5, 0.6) is 0 Å². The number of rotatable bonds is 6. The van der Waals surface area contributed by atoms with E-state index in [1.54, 1.807) is 18.3 Å². The van der Waals surface area contributed by atoms with Crippen LogP contribution in [-0.4, -0.2) is 42.2 Å². The molecule has 2 aromatic carbocycles. The summed E-state index contributed by atoms with van der Waals surface area (Å²) in [5.74, 6) is 0.836. The molecule has 0 saturated carbocycles. The second-order valence-electron chi connectivity index (χ2n) is 6.97. The Morgan fingerprint density at radius 3 is 2.68 bits per heavy atom. The molecule has 1 amide bonds. The van der Waals surface area contributed by atoms with E-state index < -0.39 is 5.82 Å². The second kappa shape index (κ2) is 9.76. The van der Waals surface area contributed by atoms with Crippen molar-refractivity contribution in [3.05, 3.63) is 71.7 Å². The van der Waals surface area contributed by atoms with Crippen molar-refractivity contribution < 1.29 is 13.9 Å². The highest BCUT2D eigenvalue weighted by Crippen LogP contribution is 2.23. The molecular weight excluding hydrogens is 417 g/mol. The van der Waals surface area contributed by atoms with Gasteiger partial charge in [0.05, 0.1) is 24.6 Å². The number of nitrogen functional groups attached to an aromatic ring is 1. The number of amides is 1. The van der Waals surface area contributed by atoms with Crippen molar-refractivity contribution in [3.8, 4) is 0 Å². The standard InChI is InChI=1S/C22H22FN5O2S/c23-17-5-6-19(18(24)13-17)26-21(29)16-3-1-15(2-4-16)14-31-22-25-8-7-20(27-22)28-9-11-30-12-10-28/h1-8,13H,9-12,14,24H2,(H,26,29). The highest BCUT2D eigenvalue weighted by Gasteiger charge is 2.13.